The minimum atomic E-state index is 0.436. The van der Waals surface area contributed by atoms with Crippen LogP contribution in [0.1, 0.15) is 98.8 Å². The van der Waals surface area contributed by atoms with Gasteiger partial charge in [0.25, 0.3) is 0 Å². The van der Waals surface area contributed by atoms with Crippen molar-refractivity contribution in [2.24, 2.45) is 46.3 Å². The maximum Gasteiger partial charge on any atom is 0.0794 e. The average molecular weight is 411 g/mol. The highest BCUT2D eigenvalue weighted by molar-refractivity contribution is 5.28. The molecule has 168 valence electrons. The number of aliphatic hydroxyl groups is 1. The van der Waals surface area contributed by atoms with E-state index in [1.807, 2.05) is 6.08 Å². The summed E-state index contributed by atoms with van der Waals surface area (Å²) in [6, 6.07) is 0. The monoisotopic (exact) mass is 410 g/mol. The number of hydrogen-bond donors (Lipinski definition) is 1. The van der Waals surface area contributed by atoms with Crippen LogP contribution >= 0.6 is 0 Å². The van der Waals surface area contributed by atoms with E-state index in [0.717, 1.165) is 29.6 Å². The third kappa shape index (κ3) is 3.63. The van der Waals surface area contributed by atoms with E-state index in [1.54, 1.807) is 5.57 Å². The Morgan fingerprint density at radius 3 is 2.37 bits per heavy atom. The Morgan fingerprint density at radius 2 is 1.63 bits per heavy atom. The van der Waals surface area contributed by atoms with Crippen LogP contribution in [-0.4, -0.2) is 5.11 Å². The molecule has 4 rings (SSSR count). The van der Waals surface area contributed by atoms with Crippen LogP contribution in [0.3, 0.4) is 0 Å². The van der Waals surface area contributed by atoms with Gasteiger partial charge in [0.05, 0.1) is 6.26 Å². The molecule has 0 heterocycles. The van der Waals surface area contributed by atoms with Crippen LogP contribution in [-0.2, 0) is 0 Å². The number of rotatable bonds is 4. The molecule has 4 aliphatic rings. The highest BCUT2D eigenvalue weighted by Crippen LogP contribution is 2.68. The van der Waals surface area contributed by atoms with E-state index in [9.17, 15) is 5.11 Å². The first kappa shape index (κ1) is 22.2. The van der Waals surface area contributed by atoms with Gasteiger partial charge in [-0.1, -0.05) is 58.3 Å². The van der Waals surface area contributed by atoms with Gasteiger partial charge in [0.15, 0.2) is 0 Å². The van der Waals surface area contributed by atoms with E-state index >= 15 is 0 Å². The molecular formula is C29H46O. The predicted molar refractivity (Wildman–Crippen MR) is 128 cm³/mol. The first-order valence-corrected chi connectivity index (χ1v) is 13.0. The van der Waals surface area contributed by atoms with Crippen LogP contribution in [0.4, 0.5) is 0 Å². The summed E-state index contributed by atoms with van der Waals surface area (Å²) < 4.78 is 0. The van der Waals surface area contributed by atoms with Gasteiger partial charge in [-0.05, 0) is 116 Å². The SMILES string of the molecule is CC(=CC=C(C=CO)C(C)C)[C@H]1CC[C@H]2[C@@H]3CCC4CCCC[C@]4(C)[C@H]3CC[C@]12C. The molecule has 4 aliphatic carbocycles. The molecule has 1 unspecified atom stereocenters. The molecule has 0 amide bonds. The summed E-state index contributed by atoms with van der Waals surface area (Å²) in [6.07, 6.45) is 22.4. The molecule has 4 saturated carbocycles. The van der Waals surface area contributed by atoms with Crippen LogP contribution in [0.25, 0.3) is 0 Å². The molecular weight excluding hydrogens is 364 g/mol. The third-order valence-corrected chi connectivity index (χ3v) is 10.6. The predicted octanol–water partition coefficient (Wildman–Crippen LogP) is 8.64. The Kier molecular flexibility index (Phi) is 6.31. The zero-order chi connectivity index (χ0) is 21.5. The molecule has 7 atom stereocenters. The van der Waals surface area contributed by atoms with E-state index in [4.69, 9.17) is 0 Å². The van der Waals surface area contributed by atoms with Crippen molar-refractivity contribution in [3.63, 3.8) is 0 Å². The van der Waals surface area contributed by atoms with E-state index in [0.29, 0.717) is 16.7 Å². The van der Waals surface area contributed by atoms with Gasteiger partial charge in [-0.25, -0.2) is 0 Å². The van der Waals surface area contributed by atoms with Gasteiger partial charge in [0.1, 0.15) is 0 Å². The summed E-state index contributed by atoms with van der Waals surface area (Å²) in [4.78, 5) is 0. The first-order chi connectivity index (χ1) is 14.3. The van der Waals surface area contributed by atoms with Gasteiger partial charge < -0.3 is 5.11 Å². The van der Waals surface area contributed by atoms with E-state index < -0.39 is 0 Å². The Hall–Kier alpha value is -0.980. The highest BCUT2D eigenvalue weighted by Gasteiger charge is 2.59. The molecule has 4 fully saturated rings. The van der Waals surface area contributed by atoms with Crippen LogP contribution < -0.4 is 0 Å². The third-order valence-electron chi connectivity index (χ3n) is 10.6. The summed E-state index contributed by atoms with van der Waals surface area (Å²) in [7, 11) is 0. The topological polar surface area (TPSA) is 20.2 Å². The largest absolute Gasteiger partial charge is 0.516 e. The molecule has 0 aromatic carbocycles. The summed E-state index contributed by atoms with van der Waals surface area (Å²) in [5, 5.41) is 9.23. The van der Waals surface area contributed by atoms with Crippen molar-refractivity contribution in [1.29, 1.82) is 0 Å². The Labute approximate surface area is 186 Å². The maximum absolute atomic E-state index is 9.23. The Balaban J connectivity index is 1.55. The van der Waals surface area contributed by atoms with Crippen molar-refractivity contribution in [1.82, 2.24) is 0 Å². The standard InChI is InChI=1S/C29H46O/c1-20(2)22(16-19-30)10-9-21(3)25-13-14-26-24-12-11-23-8-6-7-17-28(23,4)27(24)15-18-29(25,26)5/h9-10,16,19-20,23-27,30H,6-8,11-15,17-18H2,1-5H3/t23?,24-,25+,26-,27-,28-,29+/m0/s1. The first-order valence-electron chi connectivity index (χ1n) is 13.0. The number of aliphatic hydroxyl groups excluding tert-OH is 1. The fraction of sp³-hybridized carbons (Fsp3) is 0.793. The molecule has 0 saturated heterocycles. The fourth-order valence-electron chi connectivity index (χ4n) is 8.91. The molecule has 1 heteroatoms. The number of fused-ring (bicyclic) bond motifs is 5. The summed E-state index contributed by atoms with van der Waals surface area (Å²) in [5.74, 6) is 5.12. The van der Waals surface area contributed by atoms with Gasteiger partial charge in [-0.3, -0.25) is 0 Å². The molecule has 0 radical (unpaired) electrons. The van der Waals surface area contributed by atoms with Crippen molar-refractivity contribution < 1.29 is 5.11 Å². The molecule has 30 heavy (non-hydrogen) atoms. The molecule has 0 aromatic heterocycles. The minimum absolute atomic E-state index is 0.436. The van der Waals surface area contributed by atoms with Crippen molar-refractivity contribution in [3.05, 3.63) is 35.6 Å². The van der Waals surface area contributed by atoms with Crippen molar-refractivity contribution in [2.45, 2.75) is 98.8 Å². The van der Waals surface area contributed by atoms with Gasteiger partial charge >= 0.3 is 0 Å². The summed E-state index contributed by atoms with van der Waals surface area (Å²) in [6.45, 7) is 12.1. The van der Waals surface area contributed by atoms with E-state index in [-0.39, 0.29) is 0 Å². The van der Waals surface area contributed by atoms with E-state index in [2.05, 4.69) is 46.8 Å². The normalized spacial score (nSPS) is 44.8. The van der Waals surface area contributed by atoms with Crippen LogP contribution in [0.5, 0.6) is 0 Å². The zero-order valence-corrected chi connectivity index (χ0v) is 20.3. The number of hydrogen-bond acceptors (Lipinski definition) is 1. The minimum Gasteiger partial charge on any atom is -0.516 e. The van der Waals surface area contributed by atoms with Crippen molar-refractivity contribution >= 4 is 0 Å². The van der Waals surface area contributed by atoms with E-state index in [1.165, 1.54) is 76.0 Å². The Morgan fingerprint density at radius 1 is 0.867 bits per heavy atom. The Bertz CT molecular complexity index is 712. The summed E-state index contributed by atoms with van der Waals surface area (Å²) >= 11 is 0. The second-order valence-electron chi connectivity index (χ2n) is 12.1. The van der Waals surface area contributed by atoms with Gasteiger partial charge in [-0.15, -0.1) is 0 Å². The second kappa shape index (κ2) is 8.51. The molecule has 0 spiro atoms. The molecule has 1 nitrogen and oxygen atoms in total. The van der Waals surface area contributed by atoms with Crippen molar-refractivity contribution in [2.75, 3.05) is 0 Å². The quantitative estimate of drug-likeness (QED) is 0.363. The maximum atomic E-state index is 9.23. The van der Waals surface area contributed by atoms with Crippen LogP contribution in [0, 0.1) is 46.3 Å². The molecule has 0 aromatic rings. The lowest BCUT2D eigenvalue weighted by Gasteiger charge is -2.60. The van der Waals surface area contributed by atoms with Crippen LogP contribution in [0.15, 0.2) is 35.6 Å². The second-order valence-corrected chi connectivity index (χ2v) is 12.1. The smallest absolute Gasteiger partial charge is 0.0794 e. The van der Waals surface area contributed by atoms with Crippen LogP contribution in [0.2, 0.25) is 0 Å². The summed E-state index contributed by atoms with van der Waals surface area (Å²) in [5.41, 5.74) is 3.93. The van der Waals surface area contributed by atoms with Gasteiger partial charge in [-0.2, -0.15) is 0 Å². The van der Waals surface area contributed by atoms with Crippen molar-refractivity contribution in [3.8, 4) is 0 Å². The average Bonchev–Trinajstić information content (AvgIpc) is 3.07. The molecule has 1 N–H and O–H groups in total. The fourth-order valence-corrected chi connectivity index (χ4v) is 8.91. The lowest BCUT2D eigenvalue weighted by molar-refractivity contribution is -0.108. The number of allylic oxidation sites excluding steroid dienone is 5. The zero-order valence-electron chi connectivity index (χ0n) is 20.3. The molecule has 0 bridgehead atoms. The van der Waals surface area contributed by atoms with Gasteiger partial charge in [0, 0.05) is 0 Å². The lowest BCUT2D eigenvalue weighted by atomic mass is 9.44. The molecule has 0 aliphatic heterocycles. The lowest BCUT2D eigenvalue weighted by Crippen LogP contribution is -2.52. The van der Waals surface area contributed by atoms with Gasteiger partial charge in [0.2, 0.25) is 0 Å². The highest BCUT2D eigenvalue weighted by atomic mass is 16.2.